The van der Waals surface area contributed by atoms with Gasteiger partial charge in [0.25, 0.3) is 5.91 Å². The summed E-state index contributed by atoms with van der Waals surface area (Å²) in [6.07, 6.45) is 2.45. The molecule has 0 bridgehead atoms. The first-order chi connectivity index (χ1) is 15.1. The first kappa shape index (κ1) is 24.9. The minimum absolute atomic E-state index is 0.197. The summed E-state index contributed by atoms with van der Waals surface area (Å²) in [5, 5.41) is 3.86. The summed E-state index contributed by atoms with van der Waals surface area (Å²) in [4.78, 5) is 23.4. The number of ether oxygens (including phenoxy) is 2. The number of benzene rings is 2. The number of anilines is 1. The highest BCUT2D eigenvalue weighted by molar-refractivity contribution is 7.92. The molecule has 172 valence electrons. The van der Waals surface area contributed by atoms with Crippen LogP contribution in [0.3, 0.4) is 0 Å². The SMILES string of the molecule is COC(=O)COc1ccc(/C=N\NC(=O)CN(c2ccc(C(C)C)cc2)S(C)(=O)=O)cc1. The van der Waals surface area contributed by atoms with Gasteiger partial charge in [0.1, 0.15) is 12.3 Å². The average molecular weight is 462 g/mol. The maximum atomic E-state index is 12.3. The van der Waals surface area contributed by atoms with Crippen LogP contribution in [-0.4, -0.2) is 53.0 Å². The van der Waals surface area contributed by atoms with Crippen LogP contribution in [0.15, 0.2) is 53.6 Å². The smallest absolute Gasteiger partial charge is 0.343 e. The molecule has 0 aliphatic heterocycles. The number of carbonyl (C=O) groups excluding carboxylic acids is 2. The normalized spacial score (nSPS) is 11.4. The third kappa shape index (κ3) is 7.69. The maximum Gasteiger partial charge on any atom is 0.343 e. The molecule has 0 heterocycles. The van der Waals surface area contributed by atoms with Crippen molar-refractivity contribution < 1.29 is 27.5 Å². The quantitative estimate of drug-likeness (QED) is 0.330. The van der Waals surface area contributed by atoms with Gasteiger partial charge in [0.2, 0.25) is 10.0 Å². The van der Waals surface area contributed by atoms with Crippen molar-refractivity contribution in [2.45, 2.75) is 19.8 Å². The van der Waals surface area contributed by atoms with Crippen LogP contribution in [0.4, 0.5) is 5.69 Å². The van der Waals surface area contributed by atoms with Gasteiger partial charge in [-0.1, -0.05) is 26.0 Å². The Morgan fingerprint density at radius 1 is 1.09 bits per heavy atom. The molecule has 2 aromatic carbocycles. The zero-order valence-corrected chi connectivity index (χ0v) is 19.3. The Balaban J connectivity index is 1.97. The van der Waals surface area contributed by atoms with E-state index in [0.717, 1.165) is 16.1 Å². The van der Waals surface area contributed by atoms with Gasteiger partial charge < -0.3 is 9.47 Å². The van der Waals surface area contributed by atoms with Crippen molar-refractivity contribution >= 4 is 33.8 Å². The van der Waals surface area contributed by atoms with Crippen molar-refractivity contribution in [1.29, 1.82) is 0 Å². The fourth-order valence-corrected chi connectivity index (χ4v) is 3.48. The van der Waals surface area contributed by atoms with Crippen molar-refractivity contribution in [3.63, 3.8) is 0 Å². The molecular formula is C22H27N3O6S. The number of sulfonamides is 1. The molecule has 1 amide bonds. The van der Waals surface area contributed by atoms with Crippen LogP contribution in [0.25, 0.3) is 0 Å². The molecule has 0 unspecified atom stereocenters. The largest absolute Gasteiger partial charge is 0.482 e. The summed E-state index contributed by atoms with van der Waals surface area (Å²) in [6.45, 7) is 3.48. The molecular weight excluding hydrogens is 434 g/mol. The van der Waals surface area contributed by atoms with E-state index in [0.29, 0.717) is 22.9 Å². The highest BCUT2D eigenvalue weighted by Crippen LogP contribution is 2.21. The zero-order chi connectivity index (χ0) is 23.7. The number of rotatable bonds is 10. The predicted octanol–water partition coefficient (Wildman–Crippen LogP) is 2.28. The lowest BCUT2D eigenvalue weighted by molar-refractivity contribution is -0.142. The van der Waals surface area contributed by atoms with E-state index in [1.165, 1.54) is 13.3 Å². The first-order valence-corrected chi connectivity index (χ1v) is 11.6. The molecule has 0 fully saturated rings. The van der Waals surface area contributed by atoms with Crippen LogP contribution < -0.4 is 14.5 Å². The molecule has 10 heteroatoms. The van der Waals surface area contributed by atoms with Gasteiger partial charge in [-0.25, -0.2) is 18.6 Å². The van der Waals surface area contributed by atoms with Crippen molar-refractivity contribution in [3.05, 3.63) is 59.7 Å². The van der Waals surface area contributed by atoms with Crippen molar-refractivity contribution in [1.82, 2.24) is 5.43 Å². The van der Waals surface area contributed by atoms with Crippen molar-refractivity contribution in [3.8, 4) is 5.75 Å². The molecule has 32 heavy (non-hydrogen) atoms. The van der Waals surface area contributed by atoms with Gasteiger partial charge in [-0.2, -0.15) is 5.10 Å². The molecule has 9 nitrogen and oxygen atoms in total. The number of esters is 1. The van der Waals surface area contributed by atoms with Gasteiger partial charge in [0.05, 0.1) is 25.3 Å². The molecule has 0 aromatic heterocycles. The summed E-state index contributed by atoms with van der Waals surface area (Å²) < 4.78 is 35.2. The van der Waals surface area contributed by atoms with Gasteiger partial charge in [0.15, 0.2) is 6.61 Å². The second kappa shape index (κ2) is 11.3. The van der Waals surface area contributed by atoms with Gasteiger partial charge in [-0.3, -0.25) is 9.10 Å². The number of methoxy groups -OCH3 is 1. The van der Waals surface area contributed by atoms with E-state index in [2.05, 4.69) is 15.3 Å². The molecule has 0 aliphatic carbocycles. The third-order valence-electron chi connectivity index (χ3n) is 4.40. The Labute approximate surface area is 188 Å². The highest BCUT2D eigenvalue weighted by Gasteiger charge is 2.20. The maximum absolute atomic E-state index is 12.3. The Kier molecular flexibility index (Phi) is 8.77. The number of nitrogens with zero attached hydrogens (tertiary/aromatic N) is 2. The van der Waals surface area contributed by atoms with Crippen LogP contribution in [0.1, 0.15) is 30.9 Å². The monoisotopic (exact) mass is 461 g/mol. The Morgan fingerprint density at radius 3 is 2.25 bits per heavy atom. The Bertz CT molecular complexity index is 1050. The number of amides is 1. The van der Waals surface area contributed by atoms with E-state index in [4.69, 9.17) is 4.74 Å². The fourth-order valence-electron chi connectivity index (χ4n) is 2.62. The minimum atomic E-state index is -3.67. The fraction of sp³-hybridized carbons (Fsp3) is 0.318. The van der Waals surface area contributed by atoms with Gasteiger partial charge in [-0.05, 0) is 53.4 Å². The number of hydrazone groups is 1. The van der Waals surface area contributed by atoms with Gasteiger partial charge >= 0.3 is 5.97 Å². The number of hydrogen-bond acceptors (Lipinski definition) is 7. The molecule has 0 atom stereocenters. The summed E-state index contributed by atoms with van der Waals surface area (Å²) >= 11 is 0. The average Bonchev–Trinajstić information content (AvgIpc) is 2.76. The van der Waals surface area contributed by atoms with Gasteiger partial charge in [0, 0.05) is 0 Å². The summed E-state index contributed by atoms with van der Waals surface area (Å²) in [6, 6.07) is 13.7. The molecule has 1 N–H and O–H groups in total. The van der Waals surface area contributed by atoms with E-state index in [1.807, 2.05) is 26.0 Å². The third-order valence-corrected chi connectivity index (χ3v) is 5.54. The second-order valence-electron chi connectivity index (χ2n) is 7.24. The van der Waals surface area contributed by atoms with E-state index < -0.39 is 28.4 Å². The standard InChI is InChI=1S/C22H27N3O6S/c1-16(2)18-7-9-19(10-8-18)25(32(4,28)29)14-21(26)24-23-13-17-5-11-20(12-6-17)31-15-22(27)30-3/h5-13,16H,14-15H2,1-4H3,(H,24,26)/b23-13-. The Hall–Kier alpha value is -3.40. The second-order valence-corrected chi connectivity index (χ2v) is 9.15. The number of carbonyl (C=O) groups is 2. The van der Waals surface area contributed by atoms with Crippen LogP contribution in [0, 0.1) is 0 Å². The molecule has 0 saturated carbocycles. The molecule has 0 radical (unpaired) electrons. The summed E-state index contributed by atoms with van der Waals surface area (Å²) in [7, 11) is -2.39. The first-order valence-electron chi connectivity index (χ1n) is 9.79. The van der Waals surface area contributed by atoms with Crippen molar-refractivity contribution in [2.75, 3.05) is 30.8 Å². The van der Waals surface area contributed by atoms with E-state index >= 15 is 0 Å². The minimum Gasteiger partial charge on any atom is -0.482 e. The lowest BCUT2D eigenvalue weighted by atomic mass is 10.0. The molecule has 2 rings (SSSR count). The van der Waals surface area contributed by atoms with E-state index in [9.17, 15) is 18.0 Å². The van der Waals surface area contributed by atoms with Crippen LogP contribution in [0.5, 0.6) is 5.75 Å². The van der Waals surface area contributed by atoms with Crippen molar-refractivity contribution in [2.24, 2.45) is 5.10 Å². The zero-order valence-electron chi connectivity index (χ0n) is 18.4. The number of nitrogens with one attached hydrogen (secondary N) is 1. The lowest BCUT2D eigenvalue weighted by Gasteiger charge is -2.21. The van der Waals surface area contributed by atoms with Gasteiger partial charge in [-0.15, -0.1) is 0 Å². The van der Waals surface area contributed by atoms with E-state index in [-0.39, 0.29) is 6.61 Å². The summed E-state index contributed by atoms with van der Waals surface area (Å²) in [5.74, 6) is -0.291. The summed E-state index contributed by atoms with van der Waals surface area (Å²) in [5.41, 5.74) is 4.46. The molecule has 0 saturated heterocycles. The van der Waals surface area contributed by atoms with Crippen LogP contribution in [-0.2, 0) is 24.3 Å². The van der Waals surface area contributed by atoms with E-state index in [1.54, 1.807) is 36.4 Å². The van der Waals surface area contributed by atoms with Crippen LogP contribution >= 0.6 is 0 Å². The molecule has 0 spiro atoms. The predicted molar refractivity (Wildman–Crippen MR) is 122 cm³/mol. The highest BCUT2D eigenvalue weighted by atomic mass is 32.2. The number of hydrogen-bond donors (Lipinski definition) is 1. The molecule has 0 aliphatic rings. The molecule has 2 aromatic rings. The van der Waals surface area contributed by atoms with Crippen LogP contribution in [0.2, 0.25) is 0 Å². The Morgan fingerprint density at radius 2 is 1.72 bits per heavy atom. The topological polar surface area (TPSA) is 114 Å². The lowest BCUT2D eigenvalue weighted by Crippen LogP contribution is -2.39.